The largest absolute Gasteiger partial charge is 0.497 e. The van der Waals surface area contributed by atoms with Crippen LogP contribution in [0.5, 0.6) is 5.75 Å². The Balaban J connectivity index is 1.76. The van der Waals surface area contributed by atoms with Crippen molar-refractivity contribution in [3.63, 3.8) is 0 Å². The molecule has 0 aliphatic carbocycles. The molecule has 2 aromatic rings. The molecule has 2 heterocycles. The Morgan fingerprint density at radius 1 is 1.18 bits per heavy atom. The van der Waals surface area contributed by atoms with Crippen LogP contribution in [-0.2, 0) is 10.0 Å². The summed E-state index contributed by atoms with van der Waals surface area (Å²) in [6.07, 6.45) is 0.857. The molecule has 0 N–H and O–H groups in total. The molecule has 1 aliphatic heterocycles. The quantitative estimate of drug-likeness (QED) is 0.860. The molecule has 0 radical (unpaired) electrons. The average molecular weight is 337 g/mol. The van der Waals surface area contributed by atoms with Crippen LogP contribution in [0.15, 0.2) is 40.6 Å². The Bertz CT molecular complexity index is 750. The van der Waals surface area contributed by atoms with Gasteiger partial charge in [0.15, 0.2) is 0 Å². The third-order valence-corrected chi connectivity index (χ3v) is 7.38. The van der Waals surface area contributed by atoms with E-state index in [1.165, 1.54) is 16.9 Å². The molecule has 1 saturated heterocycles. The van der Waals surface area contributed by atoms with Crippen molar-refractivity contribution in [1.82, 2.24) is 4.31 Å². The molecule has 1 aromatic carbocycles. The molecular weight excluding hydrogens is 318 g/mol. The molecular formula is C16H19NO3S2. The van der Waals surface area contributed by atoms with Gasteiger partial charge in [0.25, 0.3) is 10.0 Å². The number of hydrogen-bond acceptors (Lipinski definition) is 4. The van der Waals surface area contributed by atoms with Crippen molar-refractivity contribution >= 4 is 21.4 Å². The number of aryl methyl sites for hydroxylation is 1. The van der Waals surface area contributed by atoms with E-state index in [0.29, 0.717) is 17.3 Å². The van der Waals surface area contributed by atoms with Crippen molar-refractivity contribution in [3.05, 3.63) is 46.8 Å². The zero-order valence-electron chi connectivity index (χ0n) is 12.7. The van der Waals surface area contributed by atoms with E-state index in [2.05, 4.69) is 0 Å². The third-order valence-electron chi connectivity index (χ3n) is 4.05. The Morgan fingerprint density at radius 3 is 2.50 bits per heavy atom. The van der Waals surface area contributed by atoms with Crippen molar-refractivity contribution in [1.29, 1.82) is 0 Å². The molecule has 4 nitrogen and oxygen atoms in total. The molecule has 0 amide bonds. The van der Waals surface area contributed by atoms with Gasteiger partial charge in [-0.05, 0) is 49.1 Å². The van der Waals surface area contributed by atoms with Crippen LogP contribution in [0.2, 0.25) is 0 Å². The maximum absolute atomic E-state index is 12.6. The molecule has 6 heteroatoms. The first-order chi connectivity index (χ1) is 10.5. The summed E-state index contributed by atoms with van der Waals surface area (Å²) in [6, 6.07) is 11.5. The number of ether oxygens (including phenoxy) is 1. The number of sulfonamides is 1. The van der Waals surface area contributed by atoms with Crippen LogP contribution >= 0.6 is 11.3 Å². The molecule has 0 saturated carbocycles. The predicted octanol–water partition coefficient (Wildman–Crippen LogP) is 3.24. The summed E-state index contributed by atoms with van der Waals surface area (Å²) in [5.41, 5.74) is 1.17. The van der Waals surface area contributed by atoms with E-state index in [1.807, 2.05) is 37.3 Å². The van der Waals surface area contributed by atoms with E-state index in [1.54, 1.807) is 17.5 Å². The summed E-state index contributed by atoms with van der Waals surface area (Å²) in [5, 5.41) is 0. The van der Waals surface area contributed by atoms with Crippen LogP contribution in [0.4, 0.5) is 0 Å². The van der Waals surface area contributed by atoms with Crippen LogP contribution in [0, 0.1) is 6.92 Å². The van der Waals surface area contributed by atoms with Gasteiger partial charge in [0, 0.05) is 18.0 Å². The first kappa shape index (κ1) is 15.5. The van der Waals surface area contributed by atoms with Crippen LogP contribution in [0.1, 0.15) is 22.8 Å². The number of rotatable bonds is 4. The van der Waals surface area contributed by atoms with Gasteiger partial charge in [0.05, 0.1) is 7.11 Å². The monoisotopic (exact) mass is 337 g/mol. The smallest absolute Gasteiger partial charge is 0.252 e. The minimum absolute atomic E-state index is 0.252. The highest BCUT2D eigenvalue weighted by atomic mass is 32.2. The van der Waals surface area contributed by atoms with Crippen LogP contribution in [-0.4, -0.2) is 32.9 Å². The Kier molecular flexibility index (Phi) is 4.25. The fourth-order valence-electron chi connectivity index (χ4n) is 2.77. The number of methoxy groups -OCH3 is 1. The highest BCUT2D eigenvalue weighted by Gasteiger charge is 2.33. The van der Waals surface area contributed by atoms with Gasteiger partial charge < -0.3 is 4.74 Å². The minimum Gasteiger partial charge on any atom is -0.497 e. The van der Waals surface area contributed by atoms with Gasteiger partial charge in [-0.3, -0.25) is 0 Å². The van der Waals surface area contributed by atoms with Gasteiger partial charge in [0.2, 0.25) is 0 Å². The second-order valence-corrected chi connectivity index (χ2v) is 8.94. The van der Waals surface area contributed by atoms with Crippen LogP contribution < -0.4 is 4.74 Å². The minimum atomic E-state index is -3.34. The third kappa shape index (κ3) is 2.91. The van der Waals surface area contributed by atoms with Crippen molar-refractivity contribution in [2.75, 3.05) is 20.2 Å². The highest BCUT2D eigenvalue weighted by Crippen LogP contribution is 2.33. The van der Waals surface area contributed by atoms with Gasteiger partial charge in [0.1, 0.15) is 9.96 Å². The van der Waals surface area contributed by atoms with E-state index >= 15 is 0 Å². The summed E-state index contributed by atoms with van der Waals surface area (Å²) in [4.78, 5) is 1.02. The second kappa shape index (κ2) is 6.02. The lowest BCUT2D eigenvalue weighted by Gasteiger charge is -2.15. The Hall–Kier alpha value is -1.37. The van der Waals surface area contributed by atoms with Gasteiger partial charge in [-0.2, -0.15) is 4.31 Å². The molecule has 1 atom stereocenters. The standard InChI is InChI=1S/C16H19NO3S2/c1-12-3-8-16(21-12)22(18,19)17-10-9-14(11-17)13-4-6-15(20-2)7-5-13/h3-8,14H,9-11H2,1-2H3/t14-/m0/s1. The maximum Gasteiger partial charge on any atom is 0.252 e. The van der Waals surface area contributed by atoms with Crippen molar-refractivity contribution < 1.29 is 13.2 Å². The molecule has 118 valence electrons. The fourth-order valence-corrected chi connectivity index (χ4v) is 5.71. The molecule has 0 bridgehead atoms. The topological polar surface area (TPSA) is 46.6 Å². The summed E-state index contributed by atoms with van der Waals surface area (Å²) >= 11 is 1.34. The molecule has 3 rings (SSSR count). The first-order valence-corrected chi connectivity index (χ1v) is 9.47. The van der Waals surface area contributed by atoms with Gasteiger partial charge >= 0.3 is 0 Å². The zero-order chi connectivity index (χ0) is 15.7. The Morgan fingerprint density at radius 2 is 1.91 bits per heavy atom. The highest BCUT2D eigenvalue weighted by molar-refractivity contribution is 7.91. The van der Waals surface area contributed by atoms with Crippen LogP contribution in [0.3, 0.4) is 0 Å². The average Bonchev–Trinajstić information content (AvgIpc) is 3.17. The zero-order valence-corrected chi connectivity index (χ0v) is 14.3. The lowest BCUT2D eigenvalue weighted by Crippen LogP contribution is -2.28. The summed E-state index contributed by atoms with van der Waals surface area (Å²) in [7, 11) is -1.70. The van der Waals surface area contributed by atoms with Crippen molar-refractivity contribution in [2.24, 2.45) is 0 Å². The van der Waals surface area contributed by atoms with E-state index in [4.69, 9.17) is 4.74 Å². The normalized spacial score (nSPS) is 19.5. The van der Waals surface area contributed by atoms with Crippen molar-refractivity contribution in [2.45, 2.75) is 23.5 Å². The SMILES string of the molecule is COc1ccc([C@H]2CCN(S(=O)(=O)c3ccc(C)s3)C2)cc1. The number of benzene rings is 1. The summed E-state index contributed by atoms with van der Waals surface area (Å²) in [6.45, 7) is 3.05. The van der Waals surface area contributed by atoms with E-state index < -0.39 is 10.0 Å². The van der Waals surface area contributed by atoms with E-state index in [-0.39, 0.29) is 5.92 Å². The lowest BCUT2D eigenvalue weighted by molar-refractivity contribution is 0.414. The molecule has 1 aromatic heterocycles. The molecule has 0 unspecified atom stereocenters. The lowest BCUT2D eigenvalue weighted by atomic mass is 9.99. The second-order valence-electron chi connectivity index (χ2n) is 5.49. The van der Waals surface area contributed by atoms with Gasteiger partial charge in [-0.15, -0.1) is 11.3 Å². The van der Waals surface area contributed by atoms with Gasteiger partial charge in [-0.1, -0.05) is 12.1 Å². The Labute approximate surface area is 135 Å². The fraction of sp³-hybridized carbons (Fsp3) is 0.375. The maximum atomic E-state index is 12.6. The van der Waals surface area contributed by atoms with E-state index in [0.717, 1.165) is 17.0 Å². The number of thiophene rings is 1. The summed E-state index contributed by atoms with van der Waals surface area (Å²) in [5.74, 6) is 1.07. The van der Waals surface area contributed by atoms with E-state index in [9.17, 15) is 8.42 Å². The molecule has 22 heavy (non-hydrogen) atoms. The van der Waals surface area contributed by atoms with Gasteiger partial charge in [-0.25, -0.2) is 8.42 Å². The van der Waals surface area contributed by atoms with Crippen molar-refractivity contribution in [3.8, 4) is 5.75 Å². The predicted molar refractivity (Wildman–Crippen MR) is 88.2 cm³/mol. The molecule has 0 spiro atoms. The first-order valence-electron chi connectivity index (χ1n) is 7.21. The number of nitrogens with zero attached hydrogens (tertiary/aromatic N) is 1. The molecule has 1 aliphatic rings. The molecule has 1 fully saturated rings. The number of hydrogen-bond donors (Lipinski definition) is 0. The summed E-state index contributed by atoms with van der Waals surface area (Å²) < 4.78 is 32.5. The van der Waals surface area contributed by atoms with Crippen LogP contribution in [0.25, 0.3) is 0 Å².